The van der Waals surface area contributed by atoms with Gasteiger partial charge in [-0.1, -0.05) is 20.3 Å². The molecular weight excluding hydrogens is 198 g/mol. The summed E-state index contributed by atoms with van der Waals surface area (Å²) in [7, 11) is 0. The fourth-order valence-electron chi connectivity index (χ4n) is 2.56. The lowest BCUT2D eigenvalue weighted by molar-refractivity contribution is 0.280. The molecule has 1 saturated carbocycles. The first-order chi connectivity index (χ1) is 7.69. The van der Waals surface area contributed by atoms with Crippen molar-refractivity contribution in [3.8, 4) is 0 Å². The molecule has 1 N–H and O–H groups in total. The van der Waals surface area contributed by atoms with Gasteiger partial charge in [-0.05, 0) is 31.6 Å². The Balaban J connectivity index is 1.97. The van der Waals surface area contributed by atoms with Gasteiger partial charge >= 0.3 is 0 Å². The zero-order valence-electron chi connectivity index (χ0n) is 10.6. The van der Waals surface area contributed by atoms with Gasteiger partial charge in [-0.2, -0.15) is 5.10 Å². The van der Waals surface area contributed by atoms with Gasteiger partial charge < -0.3 is 5.32 Å². The van der Waals surface area contributed by atoms with E-state index in [0.717, 1.165) is 18.4 Å². The lowest BCUT2D eigenvalue weighted by Crippen LogP contribution is -2.33. The summed E-state index contributed by atoms with van der Waals surface area (Å²) in [5.41, 5.74) is 1.17. The summed E-state index contributed by atoms with van der Waals surface area (Å²) in [6.07, 6.45) is 8.06. The molecule has 1 aliphatic carbocycles. The van der Waals surface area contributed by atoms with Crippen LogP contribution < -0.4 is 5.32 Å². The van der Waals surface area contributed by atoms with Crippen molar-refractivity contribution in [2.45, 2.75) is 52.6 Å². The Labute approximate surface area is 98.2 Å². The Bertz CT molecular complexity index is 332. The number of aromatic nitrogens is 2. The molecule has 90 valence electrons. The fraction of sp³-hybridized carbons (Fsp3) is 0.769. The highest BCUT2D eigenvalue weighted by molar-refractivity contribution is 5.39. The summed E-state index contributed by atoms with van der Waals surface area (Å²) in [4.78, 5) is 0. The second-order valence-corrected chi connectivity index (χ2v) is 5.23. The van der Waals surface area contributed by atoms with Crippen LogP contribution in [0.25, 0.3) is 0 Å². The van der Waals surface area contributed by atoms with Crippen molar-refractivity contribution in [2.24, 2.45) is 11.8 Å². The molecule has 1 fully saturated rings. The maximum Gasteiger partial charge on any atom is 0.0728 e. The summed E-state index contributed by atoms with van der Waals surface area (Å²) < 4.78 is 1.97. The van der Waals surface area contributed by atoms with E-state index in [1.54, 1.807) is 0 Å². The molecular formula is C13H23N3. The standard InChI is InChI=1S/C13H23N3/c1-4-16-9-12(8-14-16)15-13-7-10(2)5-6-11(13)3/h8-11,13,15H,4-7H2,1-3H3. The first kappa shape index (κ1) is 11.5. The molecule has 3 heteroatoms. The van der Waals surface area contributed by atoms with E-state index in [-0.39, 0.29) is 0 Å². The summed E-state index contributed by atoms with van der Waals surface area (Å²) in [5, 5.41) is 7.93. The molecule has 0 bridgehead atoms. The largest absolute Gasteiger partial charge is 0.379 e. The minimum Gasteiger partial charge on any atom is -0.379 e. The molecule has 0 saturated heterocycles. The van der Waals surface area contributed by atoms with E-state index in [2.05, 4.69) is 37.4 Å². The van der Waals surface area contributed by atoms with Crippen LogP contribution in [-0.4, -0.2) is 15.8 Å². The molecule has 16 heavy (non-hydrogen) atoms. The molecule has 1 aromatic heterocycles. The van der Waals surface area contributed by atoms with Gasteiger partial charge in [-0.15, -0.1) is 0 Å². The third-order valence-corrected chi connectivity index (χ3v) is 3.77. The molecule has 3 unspecified atom stereocenters. The highest BCUT2D eigenvalue weighted by Gasteiger charge is 2.25. The third kappa shape index (κ3) is 2.57. The molecule has 3 atom stereocenters. The summed E-state index contributed by atoms with van der Waals surface area (Å²) >= 11 is 0. The van der Waals surface area contributed by atoms with Crippen molar-refractivity contribution in [1.29, 1.82) is 0 Å². The van der Waals surface area contributed by atoms with Crippen LogP contribution in [0, 0.1) is 11.8 Å². The van der Waals surface area contributed by atoms with Gasteiger partial charge in [0.1, 0.15) is 0 Å². The number of nitrogens with one attached hydrogen (secondary N) is 1. The van der Waals surface area contributed by atoms with E-state index in [0.29, 0.717) is 6.04 Å². The Kier molecular flexibility index (Phi) is 3.52. The first-order valence-corrected chi connectivity index (χ1v) is 6.48. The maximum absolute atomic E-state index is 4.30. The normalized spacial score (nSPS) is 30.3. The van der Waals surface area contributed by atoms with Gasteiger partial charge in [-0.3, -0.25) is 4.68 Å². The number of anilines is 1. The van der Waals surface area contributed by atoms with Gasteiger partial charge in [0, 0.05) is 18.8 Å². The van der Waals surface area contributed by atoms with Crippen LogP contribution >= 0.6 is 0 Å². The topological polar surface area (TPSA) is 29.9 Å². The zero-order chi connectivity index (χ0) is 11.5. The second-order valence-electron chi connectivity index (χ2n) is 5.23. The smallest absolute Gasteiger partial charge is 0.0728 e. The average molecular weight is 221 g/mol. The lowest BCUT2D eigenvalue weighted by atomic mass is 9.80. The Morgan fingerprint density at radius 1 is 1.44 bits per heavy atom. The van der Waals surface area contributed by atoms with Crippen molar-refractivity contribution in [1.82, 2.24) is 9.78 Å². The second kappa shape index (κ2) is 4.89. The van der Waals surface area contributed by atoms with E-state index >= 15 is 0 Å². The van der Waals surface area contributed by atoms with Gasteiger partial charge in [0.05, 0.1) is 11.9 Å². The maximum atomic E-state index is 4.30. The molecule has 0 amide bonds. The number of hydrogen-bond donors (Lipinski definition) is 1. The number of nitrogens with zero attached hydrogens (tertiary/aromatic N) is 2. The molecule has 1 heterocycles. The SMILES string of the molecule is CCn1cc(NC2CC(C)CCC2C)cn1. The monoisotopic (exact) mass is 221 g/mol. The third-order valence-electron chi connectivity index (χ3n) is 3.77. The van der Waals surface area contributed by atoms with Gasteiger partial charge in [-0.25, -0.2) is 0 Å². The number of aryl methyl sites for hydroxylation is 1. The molecule has 1 aliphatic rings. The molecule has 0 radical (unpaired) electrons. The van der Waals surface area contributed by atoms with E-state index in [9.17, 15) is 0 Å². The quantitative estimate of drug-likeness (QED) is 0.849. The zero-order valence-corrected chi connectivity index (χ0v) is 10.6. The molecule has 1 aromatic rings. The van der Waals surface area contributed by atoms with Crippen molar-refractivity contribution in [3.63, 3.8) is 0 Å². The minimum absolute atomic E-state index is 0.623. The van der Waals surface area contributed by atoms with E-state index in [4.69, 9.17) is 0 Å². The van der Waals surface area contributed by atoms with E-state index < -0.39 is 0 Å². The van der Waals surface area contributed by atoms with Crippen LogP contribution in [-0.2, 0) is 6.54 Å². The molecule has 0 aromatic carbocycles. The van der Waals surface area contributed by atoms with Crippen LogP contribution in [0.4, 0.5) is 5.69 Å². The van der Waals surface area contributed by atoms with Gasteiger partial charge in [0.15, 0.2) is 0 Å². The van der Waals surface area contributed by atoms with Crippen molar-refractivity contribution in [3.05, 3.63) is 12.4 Å². The number of hydrogen-bond acceptors (Lipinski definition) is 2. The summed E-state index contributed by atoms with van der Waals surface area (Å²) in [5.74, 6) is 1.64. The molecule has 0 aliphatic heterocycles. The molecule has 2 rings (SSSR count). The Morgan fingerprint density at radius 3 is 2.94 bits per heavy atom. The molecule has 3 nitrogen and oxygen atoms in total. The van der Waals surface area contributed by atoms with Crippen molar-refractivity contribution >= 4 is 5.69 Å². The Hall–Kier alpha value is -0.990. The highest BCUT2D eigenvalue weighted by Crippen LogP contribution is 2.30. The van der Waals surface area contributed by atoms with E-state index in [1.165, 1.54) is 24.9 Å². The predicted molar refractivity (Wildman–Crippen MR) is 67.5 cm³/mol. The fourth-order valence-corrected chi connectivity index (χ4v) is 2.56. The number of rotatable bonds is 3. The van der Waals surface area contributed by atoms with Crippen molar-refractivity contribution in [2.75, 3.05) is 5.32 Å². The van der Waals surface area contributed by atoms with Gasteiger partial charge in [0.2, 0.25) is 0 Å². The predicted octanol–water partition coefficient (Wildman–Crippen LogP) is 3.14. The van der Waals surface area contributed by atoms with E-state index in [1.807, 2.05) is 10.9 Å². The van der Waals surface area contributed by atoms with Gasteiger partial charge in [0.25, 0.3) is 0 Å². The van der Waals surface area contributed by atoms with Crippen LogP contribution in [0.3, 0.4) is 0 Å². The van der Waals surface area contributed by atoms with Crippen LogP contribution in [0.1, 0.15) is 40.0 Å². The first-order valence-electron chi connectivity index (χ1n) is 6.48. The summed E-state index contributed by atoms with van der Waals surface area (Å²) in [6, 6.07) is 0.623. The minimum atomic E-state index is 0.623. The average Bonchev–Trinajstić information content (AvgIpc) is 2.71. The van der Waals surface area contributed by atoms with Crippen LogP contribution in [0.2, 0.25) is 0 Å². The Morgan fingerprint density at radius 2 is 2.25 bits per heavy atom. The van der Waals surface area contributed by atoms with Crippen LogP contribution in [0.5, 0.6) is 0 Å². The highest BCUT2D eigenvalue weighted by atomic mass is 15.3. The van der Waals surface area contributed by atoms with Crippen LogP contribution in [0.15, 0.2) is 12.4 Å². The lowest BCUT2D eigenvalue weighted by Gasteiger charge is -2.33. The summed E-state index contributed by atoms with van der Waals surface area (Å²) in [6.45, 7) is 7.77. The molecule has 0 spiro atoms. The van der Waals surface area contributed by atoms with Crippen molar-refractivity contribution < 1.29 is 0 Å².